The molecular weight excluding hydrogens is 482 g/mol. The van der Waals surface area contributed by atoms with Crippen molar-refractivity contribution in [3.63, 3.8) is 0 Å². The number of nitro groups is 1. The SMILES string of the molecule is CCOC(=O)c1c(NC(=O)C(C#N)=Cc2ccc(OCc3ccc([N+](=O)[O-])cc3)cc2)sc(C)c1C. The zero-order valence-corrected chi connectivity index (χ0v) is 20.7. The van der Waals surface area contributed by atoms with Gasteiger partial charge in [-0.05, 0) is 67.8 Å². The molecule has 0 radical (unpaired) electrons. The van der Waals surface area contributed by atoms with E-state index in [1.165, 1.54) is 29.5 Å². The molecule has 0 bridgehead atoms. The molecule has 0 aliphatic rings. The first-order valence-electron chi connectivity index (χ1n) is 10.9. The number of carbonyl (C=O) groups excluding carboxylic acids is 2. The number of carbonyl (C=O) groups is 2. The second-order valence-electron chi connectivity index (χ2n) is 7.61. The van der Waals surface area contributed by atoms with Crippen molar-refractivity contribution in [2.75, 3.05) is 11.9 Å². The number of aryl methyl sites for hydroxylation is 1. The van der Waals surface area contributed by atoms with Gasteiger partial charge in [-0.1, -0.05) is 12.1 Å². The number of anilines is 1. The summed E-state index contributed by atoms with van der Waals surface area (Å²) in [5, 5.41) is 23.3. The van der Waals surface area contributed by atoms with E-state index in [1.54, 1.807) is 50.2 Å². The number of hydrogen-bond donors (Lipinski definition) is 1. The molecule has 1 N–H and O–H groups in total. The Morgan fingerprint density at radius 3 is 2.39 bits per heavy atom. The Morgan fingerprint density at radius 1 is 1.14 bits per heavy atom. The highest BCUT2D eigenvalue weighted by molar-refractivity contribution is 7.16. The van der Waals surface area contributed by atoms with Crippen LogP contribution in [0.15, 0.2) is 54.1 Å². The van der Waals surface area contributed by atoms with Gasteiger partial charge >= 0.3 is 5.97 Å². The van der Waals surface area contributed by atoms with Crippen LogP contribution in [0.3, 0.4) is 0 Å². The molecule has 0 unspecified atom stereocenters. The van der Waals surface area contributed by atoms with Gasteiger partial charge in [-0.25, -0.2) is 4.79 Å². The minimum atomic E-state index is -0.636. The van der Waals surface area contributed by atoms with E-state index in [-0.39, 0.29) is 24.5 Å². The molecule has 1 amide bonds. The molecule has 184 valence electrons. The Labute approximate surface area is 211 Å². The van der Waals surface area contributed by atoms with Crippen molar-refractivity contribution in [1.82, 2.24) is 0 Å². The normalized spacial score (nSPS) is 10.9. The van der Waals surface area contributed by atoms with E-state index in [4.69, 9.17) is 9.47 Å². The molecule has 0 atom stereocenters. The number of hydrogen-bond acceptors (Lipinski definition) is 8. The number of non-ortho nitro benzene ring substituents is 1. The number of thiophene rings is 1. The summed E-state index contributed by atoms with van der Waals surface area (Å²) in [6.45, 7) is 5.75. The molecule has 10 heteroatoms. The van der Waals surface area contributed by atoms with Gasteiger partial charge in [0.2, 0.25) is 0 Å². The molecule has 3 rings (SSSR count). The van der Waals surface area contributed by atoms with Crippen LogP contribution in [0.25, 0.3) is 6.08 Å². The fourth-order valence-electron chi connectivity index (χ4n) is 3.19. The van der Waals surface area contributed by atoms with Crippen molar-refractivity contribution in [3.8, 4) is 11.8 Å². The first-order valence-corrected chi connectivity index (χ1v) is 11.7. The highest BCUT2D eigenvalue weighted by Gasteiger charge is 2.23. The fraction of sp³-hybridized carbons (Fsp3) is 0.192. The predicted octanol–water partition coefficient (Wildman–Crippen LogP) is 5.57. The predicted molar refractivity (Wildman–Crippen MR) is 136 cm³/mol. The summed E-state index contributed by atoms with van der Waals surface area (Å²) >= 11 is 1.25. The number of nitrogens with zero attached hydrogens (tertiary/aromatic N) is 2. The van der Waals surface area contributed by atoms with E-state index < -0.39 is 16.8 Å². The van der Waals surface area contributed by atoms with Gasteiger partial charge in [-0.3, -0.25) is 14.9 Å². The lowest BCUT2D eigenvalue weighted by molar-refractivity contribution is -0.384. The summed E-state index contributed by atoms with van der Waals surface area (Å²) in [7, 11) is 0. The summed E-state index contributed by atoms with van der Waals surface area (Å²) in [5.74, 6) is -0.610. The number of nitrogens with one attached hydrogen (secondary N) is 1. The zero-order chi connectivity index (χ0) is 26.2. The number of esters is 1. The van der Waals surface area contributed by atoms with E-state index in [0.717, 1.165) is 16.0 Å². The van der Waals surface area contributed by atoms with Gasteiger partial charge < -0.3 is 14.8 Å². The van der Waals surface area contributed by atoms with E-state index >= 15 is 0 Å². The van der Waals surface area contributed by atoms with Crippen molar-refractivity contribution in [2.24, 2.45) is 0 Å². The Bertz CT molecular complexity index is 1350. The van der Waals surface area contributed by atoms with E-state index in [0.29, 0.717) is 21.9 Å². The van der Waals surface area contributed by atoms with Gasteiger partial charge in [0, 0.05) is 17.0 Å². The average molecular weight is 506 g/mol. The maximum Gasteiger partial charge on any atom is 0.341 e. The third-order valence-electron chi connectivity index (χ3n) is 5.20. The van der Waals surface area contributed by atoms with Gasteiger partial charge in [-0.2, -0.15) is 5.26 Å². The lowest BCUT2D eigenvalue weighted by atomic mass is 10.1. The summed E-state index contributed by atoms with van der Waals surface area (Å²) in [5.41, 5.74) is 2.27. The third kappa shape index (κ3) is 6.34. The fourth-order valence-corrected chi connectivity index (χ4v) is 4.23. The lowest BCUT2D eigenvalue weighted by Crippen LogP contribution is -2.16. The number of amides is 1. The van der Waals surface area contributed by atoms with Crippen LogP contribution in [0.5, 0.6) is 5.75 Å². The molecule has 9 nitrogen and oxygen atoms in total. The summed E-state index contributed by atoms with van der Waals surface area (Å²) in [4.78, 5) is 36.3. The smallest absolute Gasteiger partial charge is 0.341 e. The molecule has 0 saturated heterocycles. The van der Waals surface area contributed by atoms with Crippen LogP contribution in [0.1, 0.15) is 38.8 Å². The van der Waals surface area contributed by atoms with E-state index in [2.05, 4.69) is 5.32 Å². The minimum Gasteiger partial charge on any atom is -0.489 e. The first-order chi connectivity index (χ1) is 17.2. The maximum atomic E-state index is 12.8. The quantitative estimate of drug-likeness (QED) is 0.132. The molecule has 3 aromatic rings. The summed E-state index contributed by atoms with van der Waals surface area (Å²) < 4.78 is 10.8. The second kappa shape index (κ2) is 11.8. The maximum absolute atomic E-state index is 12.8. The summed E-state index contributed by atoms with van der Waals surface area (Å²) in [6, 6.07) is 14.7. The van der Waals surface area contributed by atoms with Crippen LogP contribution >= 0.6 is 11.3 Å². The van der Waals surface area contributed by atoms with Gasteiger partial charge in [0.15, 0.2) is 0 Å². The standard InChI is InChI=1S/C26H23N3O6S/c1-4-34-26(31)23-16(2)17(3)36-25(23)28-24(30)20(14-27)13-18-7-11-22(12-8-18)35-15-19-5-9-21(10-6-19)29(32)33/h5-13H,4,15H2,1-3H3,(H,28,30). The lowest BCUT2D eigenvalue weighted by Gasteiger charge is -2.08. The second-order valence-corrected chi connectivity index (χ2v) is 8.84. The topological polar surface area (TPSA) is 132 Å². The number of nitro benzene ring substituents is 1. The molecule has 0 saturated carbocycles. The monoisotopic (exact) mass is 505 g/mol. The van der Waals surface area contributed by atoms with Gasteiger partial charge in [0.1, 0.15) is 29.0 Å². The molecule has 0 aliphatic carbocycles. The van der Waals surface area contributed by atoms with Gasteiger partial charge in [0.25, 0.3) is 11.6 Å². The number of nitriles is 1. The van der Waals surface area contributed by atoms with Crippen LogP contribution in [-0.2, 0) is 16.1 Å². The zero-order valence-electron chi connectivity index (χ0n) is 19.9. The van der Waals surface area contributed by atoms with Crippen molar-refractivity contribution in [2.45, 2.75) is 27.4 Å². The Hall–Kier alpha value is -4.49. The van der Waals surface area contributed by atoms with E-state index in [1.807, 2.05) is 13.0 Å². The summed E-state index contributed by atoms with van der Waals surface area (Å²) in [6.07, 6.45) is 1.44. The molecule has 0 spiro atoms. The number of rotatable bonds is 9. The Kier molecular flexibility index (Phi) is 8.54. The number of benzene rings is 2. The Morgan fingerprint density at radius 2 is 1.81 bits per heavy atom. The molecule has 2 aromatic carbocycles. The van der Waals surface area contributed by atoms with Crippen LogP contribution in [0.2, 0.25) is 0 Å². The van der Waals surface area contributed by atoms with Crippen molar-refractivity contribution in [3.05, 3.63) is 91.3 Å². The van der Waals surface area contributed by atoms with Crippen LogP contribution in [0, 0.1) is 35.3 Å². The van der Waals surface area contributed by atoms with E-state index in [9.17, 15) is 25.0 Å². The van der Waals surface area contributed by atoms with Crippen molar-refractivity contribution in [1.29, 1.82) is 5.26 Å². The first kappa shape index (κ1) is 26.1. The largest absolute Gasteiger partial charge is 0.489 e. The molecular formula is C26H23N3O6S. The van der Waals surface area contributed by atoms with Crippen LogP contribution in [-0.4, -0.2) is 23.4 Å². The third-order valence-corrected chi connectivity index (χ3v) is 6.32. The number of ether oxygens (including phenoxy) is 2. The molecule has 0 fully saturated rings. The molecule has 1 aromatic heterocycles. The molecule has 0 aliphatic heterocycles. The Balaban J connectivity index is 1.69. The highest BCUT2D eigenvalue weighted by atomic mass is 32.1. The minimum absolute atomic E-state index is 0.00804. The van der Waals surface area contributed by atoms with Gasteiger partial charge in [0.05, 0.1) is 17.1 Å². The van der Waals surface area contributed by atoms with Crippen LogP contribution < -0.4 is 10.1 Å². The molecule has 36 heavy (non-hydrogen) atoms. The van der Waals surface area contributed by atoms with Crippen molar-refractivity contribution >= 4 is 40.0 Å². The van der Waals surface area contributed by atoms with Gasteiger partial charge in [-0.15, -0.1) is 11.3 Å². The van der Waals surface area contributed by atoms with Crippen LogP contribution in [0.4, 0.5) is 10.7 Å². The van der Waals surface area contributed by atoms with Crippen molar-refractivity contribution < 1.29 is 24.0 Å². The average Bonchev–Trinajstić information content (AvgIpc) is 3.14. The molecule has 1 heterocycles. The highest BCUT2D eigenvalue weighted by Crippen LogP contribution is 2.33.